The highest BCUT2D eigenvalue weighted by molar-refractivity contribution is 7.09. The Morgan fingerprint density at radius 1 is 1.27 bits per heavy atom. The third-order valence-corrected chi connectivity index (χ3v) is 3.79. The number of nitrogens with one attached hydrogen (secondary N) is 1. The maximum Gasteiger partial charge on any atom is 0.309 e. The van der Waals surface area contributed by atoms with Crippen LogP contribution in [0.4, 0.5) is 0 Å². The molecule has 116 valence electrons. The molecule has 2 rings (SSSR count). The lowest BCUT2D eigenvalue weighted by Crippen LogP contribution is -2.24. The highest BCUT2D eigenvalue weighted by atomic mass is 32.1. The summed E-state index contributed by atoms with van der Waals surface area (Å²) < 4.78 is 5.07. The second-order valence-corrected chi connectivity index (χ2v) is 5.55. The van der Waals surface area contributed by atoms with E-state index in [0.29, 0.717) is 17.2 Å². The number of hydrogen-bond acceptors (Lipinski definition) is 5. The van der Waals surface area contributed by atoms with Crippen LogP contribution in [0.25, 0.3) is 0 Å². The summed E-state index contributed by atoms with van der Waals surface area (Å²) in [5, 5.41) is 13.8. The molecule has 0 saturated heterocycles. The van der Waals surface area contributed by atoms with E-state index >= 15 is 0 Å². The Hall–Kier alpha value is -2.41. The summed E-state index contributed by atoms with van der Waals surface area (Å²) in [6, 6.07) is 7.43. The van der Waals surface area contributed by atoms with Crippen LogP contribution in [0.5, 0.6) is 5.75 Å². The monoisotopic (exact) mass is 320 g/mol. The van der Waals surface area contributed by atoms with Crippen molar-refractivity contribution in [2.24, 2.45) is 0 Å². The predicted molar refractivity (Wildman–Crippen MR) is 82.0 cm³/mol. The molecule has 7 heteroatoms. The molecule has 2 aromatic rings. The van der Waals surface area contributed by atoms with Crippen molar-refractivity contribution in [3.8, 4) is 5.75 Å². The lowest BCUT2D eigenvalue weighted by atomic mass is 10.2. The Morgan fingerprint density at radius 3 is 2.64 bits per heavy atom. The molecule has 0 spiro atoms. The normalized spacial score (nSPS) is 10.2. The van der Waals surface area contributed by atoms with Gasteiger partial charge in [0.05, 0.1) is 25.6 Å². The van der Waals surface area contributed by atoms with Crippen molar-refractivity contribution in [3.63, 3.8) is 0 Å². The van der Waals surface area contributed by atoms with Crippen LogP contribution in [0, 0.1) is 0 Å². The molecule has 0 aliphatic rings. The fraction of sp³-hybridized carbons (Fsp3) is 0.267. The first-order valence-corrected chi connectivity index (χ1v) is 7.49. The van der Waals surface area contributed by atoms with Crippen LogP contribution in [0.2, 0.25) is 0 Å². The molecule has 6 nitrogen and oxygen atoms in total. The lowest BCUT2D eigenvalue weighted by Gasteiger charge is -2.05. The van der Waals surface area contributed by atoms with Gasteiger partial charge in [0, 0.05) is 11.9 Å². The standard InChI is InChI=1S/C15H16N2O4S/c1-21-12-4-2-10(3-5-12)8-16-13(18)7-14-17-11(9-22-14)6-15(19)20/h2-5,9H,6-8H2,1H3,(H,16,18)(H,19,20). The zero-order valence-corrected chi connectivity index (χ0v) is 12.9. The molecule has 0 aliphatic carbocycles. The summed E-state index contributed by atoms with van der Waals surface area (Å²) in [6.45, 7) is 0.427. The number of thiazole rings is 1. The summed E-state index contributed by atoms with van der Waals surface area (Å²) in [7, 11) is 1.60. The van der Waals surface area contributed by atoms with Gasteiger partial charge in [-0.15, -0.1) is 11.3 Å². The first-order valence-electron chi connectivity index (χ1n) is 6.61. The number of benzene rings is 1. The SMILES string of the molecule is COc1ccc(CNC(=O)Cc2nc(CC(=O)O)cs2)cc1. The smallest absolute Gasteiger partial charge is 0.309 e. The van der Waals surface area contributed by atoms with E-state index in [1.807, 2.05) is 24.3 Å². The fourth-order valence-corrected chi connectivity index (χ4v) is 2.60. The van der Waals surface area contributed by atoms with Gasteiger partial charge in [-0.05, 0) is 17.7 Å². The van der Waals surface area contributed by atoms with Crippen molar-refractivity contribution in [2.45, 2.75) is 19.4 Å². The van der Waals surface area contributed by atoms with Crippen LogP contribution >= 0.6 is 11.3 Å². The number of carbonyl (C=O) groups excluding carboxylic acids is 1. The molecule has 0 unspecified atom stereocenters. The van der Waals surface area contributed by atoms with Crippen LogP contribution in [0.3, 0.4) is 0 Å². The highest BCUT2D eigenvalue weighted by Gasteiger charge is 2.10. The summed E-state index contributed by atoms with van der Waals surface area (Å²) in [6.07, 6.45) is 0.0322. The Labute approximate surface area is 131 Å². The average Bonchev–Trinajstić information content (AvgIpc) is 2.92. The number of rotatable bonds is 7. The van der Waals surface area contributed by atoms with Crippen molar-refractivity contribution < 1.29 is 19.4 Å². The van der Waals surface area contributed by atoms with Gasteiger partial charge in [-0.3, -0.25) is 9.59 Å². The van der Waals surface area contributed by atoms with Gasteiger partial charge >= 0.3 is 5.97 Å². The van der Waals surface area contributed by atoms with E-state index in [9.17, 15) is 9.59 Å². The van der Waals surface area contributed by atoms with Gasteiger partial charge in [0.2, 0.25) is 5.91 Å². The van der Waals surface area contributed by atoms with Gasteiger partial charge in [-0.2, -0.15) is 0 Å². The van der Waals surface area contributed by atoms with Crippen molar-refractivity contribution in [1.82, 2.24) is 10.3 Å². The van der Waals surface area contributed by atoms with Crippen molar-refractivity contribution >= 4 is 23.2 Å². The second-order valence-electron chi connectivity index (χ2n) is 4.60. The Bertz CT molecular complexity index is 652. The number of hydrogen-bond donors (Lipinski definition) is 2. The van der Waals surface area contributed by atoms with Crippen molar-refractivity contribution in [3.05, 3.63) is 45.9 Å². The first kappa shape index (κ1) is 16.0. The molecule has 0 saturated carbocycles. The molecule has 0 radical (unpaired) electrons. The van der Waals surface area contributed by atoms with Gasteiger partial charge in [0.25, 0.3) is 0 Å². The molecular formula is C15H16N2O4S. The van der Waals surface area contributed by atoms with E-state index in [1.165, 1.54) is 11.3 Å². The summed E-state index contributed by atoms with van der Waals surface area (Å²) in [5.41, 5.74) is 1.45. The minimum absolute atomic E-state index is 0.121. The van der Waals surface area contributed by atoms with Crippen LogP contribution in [0.1, 0.15) is 16.3 Å². The van der Waals surface area contributed by atoms with Gasteiger partial charge in [0.15, 0.2) is 0 Å². The maximum atomic E-state index is 11.9. The topological polar surface area (TPSA) is 88.5 Å². The predicted octanol–water partition coefficient (Wildman–Crippen LogP) is 1.64. The van der Waals surface area contributed by atoms with Gasteiger partial charge < -0.3 is 15.2 Å². The number of carboxylic acids is 1. The number of aliphatic carboxylic acids is 1. The zero-order valence-electron chi connectivity index (χ0n) is 12.0. The van der Waals surface area contributed by atoms with Crippen LogP contribution in [-0.2, 0) is 29.0 Å². The van der Waals surface area contributed by atoms with Gasteiger partial charge in [-0.25, -0.2) is 4.98 Å². The Morgan fingerprint density at radius 2 is 2.00 bits per heavy atom. The number of aromatic nitrogens is 1. The molecule has 0 aliphatic heterocycles. The molecule has 2 N–H and O–H groups in total. The van der Waals surface area contributed by atoms with E-state index in [1.54, 1.807) is 12.5 Å². The minimum Gasteiger partial charge on any atom is -0.497 e. The Balaban J connectivity index is 1.82. The van der Waals surface area contributed by atoms with Crippen LogP contribution < -0.4 is 10.1 Å². The third-order valence-electron chi connectivity index (χ3n) is 2.89. The molecule has 0 fully saturated rings. The number of amides is 1. The van der Waals surface area contributed by atoms with Crippen LogP contribution in [0.15, 0.2) is 29.6 Å². The maximum absolute atomic E-state index is 11.9. The summed E-state index contributed by atoms with van der Waals surface area (Å²) in [4.78, 5) is 26.6. The van der Waals surface area contributed by atoms with E-state index in [4.69, 9.17) is 9.84 Å². The van der Waals surface area contributed by atoms with E-state index in [2.05, 4.69) is 10.3 Å². The quantitative estimate of drug-likeness (QED) is 0.809. The van der Waals surface area contributed by atoms with E-state index in [-0.39, 0.29) is 18.7 Å². The molecule has 1 heterocycles. The number of methoxy groups -OCH3 is 1. The summed E-state index contributed by atoms with van der Waals surface area (Å²) >= 11 is 1.29. The molecular weight excluding hydrogens is 304 g/mol. The minimum atomic E-state index is -0.930. The first-order chi connectivity index (χ1) is 10.6. The zero-order chi connectivity index (χ0) is 15.9. The molecule has 0 bridgehead atoms. The van der Waals surface area contributed by atoms with E-state index in [0.717, 1.165) is 11.3 Å². The average molecular weight is 320 g/mol. The van der Waals surface area contributed by atoms with Crippen molar-refractivity contribution in [1.29, 1.82) is 0 Å². The highest BCUT2D eigenvalue weighted by Crippen LogP contribution is 2.12. The largest absolute Gasteiger partial charge is 0.497 e. The third kappa shape index (κ3) is 4.85. The number of ether oxygens (including phenoxy) is 1. The fourth-order valence-electron chi connectivity index (χ4n) is 1.81. The molecule has 1 amide bonds. The molecule has 0 atom stereocenters. The van der Waals surface area contributed by atoms with E-state index < -0.39 is 5.97 Å². The number of carboxylic acid groups (broad SMARTS) is 1. The second kappa shape index (κ2) is 7.56. The molecule has 1 aromatic carbocycles. The Kier molecular flexibility index (Phi) is 5.48. The van der Waals surface area contributed by atoms with Crippen LogP contribution in [-0.4, -0.2) is 29.1 Å². The lowest BCUT2D eigenvalue weighted by molar-refractivity contribution is -0.136. The molecule has 22 heavy (non-hydrogen) atoms. The summed E-state index contributed by atoms with van der Waals surface area (Å²) in [5.74, 6) is -0.309. The van der Waals surface area contributed by atoms with Gasteiger partial charge in [0.1, 0.15) is 10.8 Å². The van der Waals surface area contributed by atoms with Crippen molar-refractivity contribution in [2.75, 3.05) is 7.11 Å². The molecule has 1 aromatic heterocycles. The number of carbonyl (C=O) groups is 2. The number of nitrogens with zero attached hydrogens (tertiary/aromatic N) is 1. The van der Waals surface area contributed by atoms with Gasteiger partial charge in [-0.1, -0.05) is 12.1 Å².